The molecule has 0 unspecified atom stereocenters. The van der Waals surface area contributed by atoms with E-state index >= 15 is 0 Å². The second kappa shape index (κ2) is 5.33. The highest BCUT2D eigenvalue weighted by Crippen LogP contribution is 2.30. The van der Waals surface area contributed by atoms with Crippen LogP contribution in [0.2, 0.25) is 0 Å². The average molecular weight is 259 g/mol. The Morgan fingerprint density at radius 2 is 2.35 bits per heavy atom. The van der Waals surface area contributed by atoms with E-state index < -0.39 is 5.82 Å². The number of nitrogens with zero attached hydrogens (tertiary/aromatic N) is 1. The van der Waals surface area contributed by atoms with Crippen molar-refractivity contribution >= 4 is 23.1 Å². The summed E-state index contributed by atoms with van der Waals surface area (Å²) in [5.41, 5.74) is 5.86. The third kappa shape index (κ3) is 3.08. The van der Waals surface area contributed by atoms with Crippen molar-refractivity contribution < 1.29 is 13.9 Å². The van der Waals surface area contributed by atoms with Crippen LogP contribution in [-0.2, 0) is 4.74 Å². The molecule has 0 aliphatic carbocycles. The van der Waals surface area contributed by atoms with Gasteiger partial charge in [-0.1, -0.05) is 0 Å². The zero-order chi connectivity index (χ0) is 12.3. The van der Waals surface area contributed by atoms with Crippen LogP contribution in [0.3, 0.4) is 0 Å². The Bertz CT molecular complexity index is 435. The van der Waals surface area contributed by atoms with E-state index in [-0.39, 0.29) is 17.8 Å². The molecule has 1 aromatic rings. The summed E-state index contributed by atoms with van der Waals surface area (Å²) < 4.78 is 23.7. The lowest BCUT2D eigenvalue weighted by atomic mass is 10.2. The third-order valence-electron chi connectivity index (χ3n) is 2.22. The monoisotopic (exact) mass is 258 g/mol. The SMILES string of the molecule is NC(CCl)=Nc1cc(F)ccc1OC1COC1. The van der Waals surface area contributed by atoms with Gasteiger partial charge in [-0.25, -0.2) is 9.38 Å². The number of aliphatic imine (C=N–C) groups is 1. The molecule has 0 aromatic heterocycles. The maximum absolute atomic E-state index is 13.1. The van der Waals surface area contributed by atoms with E-state index in [0.717, 1.165) is 0 Å². The number of halogens is 2. The Morgan fingerprint density at radius 3 is 2.94 bits per heavy atom. The van der Waals surface area contributed by atoms with Crippen molar-refractivity contribution in [2.75, 3.05) is 19.1 Å². The second-order valence-electron chi connectivity index (χ2n) is 3.63. The molecule has 92 valence electrons. The molecule has 1 heterocycles. The molecule has 0 atom stereocenters. The molecule has 4 nitrogen and oxygen atoms in total. The summed E-state index contributed by atoms with van der Waals surface area (Å²) >= 11 is 5.53. The maximum atomic E-state index is 13.1. The van der Waals surface area contributed by atoms with Gasteiger partial charge in [0.2, 0.25) is 0 Å². The molecule has 1 aromatic carbocycles. The van der Waals surface area contributed by atoms with Gasteiger partial charge in [0.25, 0.3) is 0 Å². The fraction of sp³-hybridized carbons (Fsp3) is 0.364. The van der Waals surface area contributed by atoms with E-state index in [2.05, 4.69) is 4.99 Å². The summed E-state index contributed by atoms with van der Waals surface area (Å²) in [7, 11) is 0. The van der Waals surface area contributed by atoms with Gasteiger partial charge in [0.15, 0.2) is 0 Å². The molecule has 2 rings (SSSR count). The molecule has 1 aliphatic heterocycles. The van der Waals surface area contributed by atoms with Gasteiger partial charge in [-0.2, -0.15) is 0 Å². The largest absolute Gasteiger partial charge is 0.483 e. The minimum Gasteiger partial charge on any atom is -0.483 e. The molecule has 0 saturated carbocycles. The Morgan fingerprint density at radius 1 is 1.59 bits per heavy atom. The van der Waals surface area contributed by atoms with E-state index in [0.29, 0.717) is 24.7 Å². The van der Waals surface area contributed by atoms with Gasteiger partial charge < -0.3 is 15.2 Å². The maximum Gasteiger partial charge on any atom is 0.145 e. The number of alkyl halides is 1. The Hall–Kier alpha value is -1.33. The summed E-state index contributed by atoms with van der Waals surface area (Å²) in [5.74, 6) is 0.380. The Kier molecular flexibility index (Phi) is 3.81. The highest BCUT2D eigenvalue weighted by atomic mass is 35.5. The summed E-state index contributed by atoms with van der Waals surface area (Å²) in [6, 6.07) is 4.09. The molecule has 6 heteroatoms. The molecule has 1 saturated heterocycles. The van der Waals surface area contributed by atoms with E-state index in [4.69, 9.17) is 26.8 Å². The summed E-state index contributed by atoms with van der Waals surface area (Å²) in [4.78, 5) is 4.01. The molecule has 1 fully saturated rings. The van der Waals surface area contributed by atoms with Gasteiger partial charge in [-0.3, -0.25) is 0 Å². The second-order valence-corrected chi connectivity index (χ2v) is 3.89. The van der Waals surface area contributed by atoms with Crippen molar-refractivity contribution in [2.24, 2.45) is 10.7 Å². The molecule has 2 N–H and O–H groups in total. The minimum atomic E-state index is -0.400. The number of amidine groups is 1. The average Bonchev–Trinajstić information content (AvgIpc) is 2.25. The first kappa shape index (κ1) is 12.1. The van der Waals surface area contributed by atoms with Crippen molar-refractivity contribution in [3.63, 3.8) is 0 Å². The first-order valence-electron chi connectivity index (χ1n) is 5.12. The normalized spacial score (nSPS) is 16.7. The van der Waals surface area contributed by atoms with Gasteiger partial charge in [0, 0.05) is 6.07 Å². The smallest absolute Gasteiger partial charge is 0.145 e. The van der Waals surface area contributed by atoms with Crippen LogP contribution in [0, 0.1) is 5.82 Å². The lowest BCUT2D eigenvalue weighted by Gasteiger charge is -2.27. The van der Waals surface area contributed by atoms with Crippen LogP contribution in [-0.4, -0.2) is 31.0 Å². The summed E-state index contributed by atoms with van der Waals surface area (Å²) in [6.07, 6.45) is -0.00774. The van der Waals surface area contributed by atoms with Gasteiger partial charge in [-0.15, -0.1) is 11.6 Å². The molecule has 0 amide bonds. The minimum absolute atomic E-state index is 0.00774. The fourth-order valence-corrected chi connectivity index (χ4v) is 1.38. The van der Waals surface area contributed by atoms with Crippen molar-refractivity contribution in [1.82, 2.24) is 0 Å². The standard InChI is InChI=1S/C11H12ClFN2O2/c12-4-11(14)15-9-3-7(13)1-2-10(9)17-8-5-16-6-8/h1-3,8H,4-6H2,(H2,14,15). The molecule has 0 radical (unpaired) electrons. The van der Waals surface area contributed by atoms with E-state index in [1.54, 1.807) is 0 Å². The van der Waals surface area contributed by atoms with Gasteiger partial charge in [-0.05, 0) is 12.1 Å². The van der Waals surface area contributed by atoms with Crippen molar-refractivity contribution in [2.45, 2.75) is 6.10 Å². The van der Waals surface area contributed by atoms with E-state index in [9.17, 15) is 4.39 Å². The van der Waals surface area contributed by atoms with Crippen LogP contribution < -0.4 is 10.5 Å². The molecule has 17 heavy (non-hydrogen) atoms. The van der Waals surface area contributed by atoms with Gasteiger partial charge in [0.05, 0.1) is 19.1 Å². The van der Waals surface area contributed by atoms with E-state index in [1.807, 2.05) is 0 Å². The highest BCUT2D eigenvalue weighted by Gasteiger charge is 2.21. The number of benzene rings is 1. The predicted octanol–water partition coefficient (Wildman–Crippen LogP) is 1.83. The molecule has 1 aliphatic rings. The molecule has 0 bridgehead atoms. The first-order chi connectivity index (χ1) is 8.19. The number of hydrogen-bond acceptors (Lipinski definition) is 3. The van der Waals surface area contributed by atoms with Crippen LogP contribution in [0.15, 0.2) is 23.2 Å². The van der Waals surface area contributed by atoms with Crippen LogP contribution in [0.4, 0.5) is 10.1 Å². The van der Waals surface area contributed by atoms with Crippen molar-refractivity contribution in [3.8, 4) is 5.75 Å². The summed E-state index contributed by atoms with van der Waals surface area (Å²) in [6.45, 7) is 1.07. The van der Waals surface area contributed by atoms with Crippen molar-refractivity contribution in [3.05, 3.63) is 24.0 Å². The molecular weight excluding hydrogens is 247 g/mol. The highest BCUT2D eigenvalue weighted by molar-refractivity contribution is 6.28. The van der Waals surface area contributed by atoms with Crippen LogP contribution in [0.1, 0.15) is 0 Å². The van der Waals surface area contributed by atoms with Gasteiger partial charge in [0.1, 0.15) is 29.2 Å². The zero-order valence-electron chi connectivity index (χ0n) is 9.03. The predicted molar refractivity (Wildman–Crippen MR) is 63.6 cm³/mol. The number of ether oxygens (including phenoxy) is 2. The van der Waals surface area contributed by atoms with Crippen LogP contribution >= 0.6 is 11.6 Å². The Balaban J connectivity index is 2.23. The quantitative estimate of drug-likeness (QED) is 0.509. The molecular formula is C11H12ClFN2O2. The summed E-state index contributed by atoms with van der Waals surface area (Å²) in [5, 5.41) is 0. The lowest BCUT2D eigenvalue weighted by Crippen LogP contribution is -2.38. The first-order valence-corrected chi connectivity index (χ1v) is 5.65. The van der Waals surface area contributed by atoms with Crippen molar-refractivity contribution in [1.29, 1.82) is 0 Å². The van der Waals surface area contributed by atoms with Gasteiger partial charge >= 0.3 is 0 Å². The van der Waals surface area contributed by atoms with Crippen LogP contribution in [0.5, 0.6) is 5.75 Å². The Labute approximate surface area is 103 Å². The molecule has 0 spiro atoms. The lowest BCUT2D eigenvalue weighted by molar-refractivity contribution is -0.0794. The third-order valence-corrected chi connectivity index (χ3v) is 2.50. The zero-order valence-corrected chi connectivity index (χ0v) is 9.78. The fourth-order valence-electron chi connectivity index (χ4n) is 1.32. The number of nitrogens with two attached hydrogens (primary N) is 1. The number of rotatable bonds is 4. The van der Waals surface area contributed by atoms with E-state index in [1.165, 1.54) is 18.2 Å². The topological polar surface area (TPSA) is 56.8 Å². The number of hydrogen-bond donors (Lipinski definition) is 1. The van der Waals surface area contributed by atoms with Crippen LogP contribution in [0.25, 0.3) is 0 Å².